The molecule has 0 amide bonds. The fourth-order valence-corrected chi connectivity index (χ4v) is 14.9. The fourth-order valence-electron chi connectivity index (χ4n) is 13.6. The summed E-state index contributed by atoms with van der Waals surface area (Å²) in [5.74, 6) is -1.25. The van der Waals surface area contributed by atoms with E-state index in [0.29, 0.717) is 63.3 Å². The van der Waals surface area contributed by atoms with Crippen LogP contribution in [0, 0.1) is 17.8 Å². The second-order valence-electron chi connectivity index (χ2n) is 26.7. The Morgan fingerprint density at radius 1 is 0.606 bits per heavy atom. The molecule has 2 saturated heterocycles. The molecule has 3 aliphatic carbocycles. The summed E-state index contributed by atoms with van der Waals surface area (Å²) in [4.78, 5) is 59.8. The Labute approximate surface area is 625 Å². The number of anilines is 3. The number of carbonyl (C=O) groups is 3. The Bertz CT molecular complexity index is 4560. The monoisotopic (exact) mass is 1560 g/mol. The predicted octanol–water partition coefficient (Wildman–Crippen LogP) is 10.7. The van der Waals surface area contributed by atoms with Gasteiger partial charge in [0.15, 0.2) is 11.6 Å². The van der Waals surface area contributed by atoms with Crippen LogP contribution in [0.3, 0.4) is 0 Å². The number of aromatic nitrogens is 11. The maximum atomic E-state index is 13.4. The van der Waals surface area contributed by atoms with Crippen molar-refractivity contribution >= 4 is 95.7 Å². The third kappa shape index (κ3) is 19.5. The van der Waals surface area contributed by atoms with Crippen molar-refractivity contribution in [1.82, 2.24) is 54.7 Å². The van der Waals surface area contributed by atoms with Crippen molar-refractivity contribution in [3.05, 3.63) is 219 Å². The molecule has 14 rings (SSSR count). The molecule has 9 aromatic rings. The Morgan fingerprint density at radius 2 is 1.08 bits per heavy atom. The van der Waals surface area contributed by atoms with Gasteiger partial charge in [-0.1, -0.05) is 114 Å². The number of H-pyrrole nitrogens is 1. The summed E-state index contributed by atoms with van der Waals surface area (Å²) in [5, 5.41) is 53.8. The number of aliphatic hydroxyl groups excluding tert-OH is 2. The van der Waals surface area contributed by atoms with Gasteiger partial charge < -0.3 is 45.1 Å². The minimum absolute atomic E-state index is 0.0231. The molecule has 550 valence electrons. The first-order valence-electron chi connectivity index (χ1n) is 33.8. The summed E-state index contributed by atoms with van der Waals surface area (Å²) in [6.45, 7) is 12.7. The van der Waals surface area contributed by atoms with Gasteiger partial charge in [0.25, 0.3) is 0 Å². The largest absolute Gasteiger partial charge is 0.390 e. The number of alkyl halides is 1. The average Bonchev–Trinajstić information content (AvgIpc) is 1.62. The zero-order valence-corrected chi connectivity index (χ0v) is 62.3. The van der Waals surface area contributed by atoms with Crippen molar-refractivity contribution in [2.45, 2.75) is 158 Å². The molecule has 6 aromatic heterocycles. The molecule has 12 atom stereocenters. The summed E-state index contributed by atoms with van der Waals surface area (Å²) in [7, 11) is -4.19. The van der Waals surface area contributed by atoms with Gasteiger partial charge in [-0.3, -0.25) is 38.0 Å². The quantitative estimate of drug-likeness (QED) is 0.0245. The molecule has 0 unspecified atom stereocenters. The zero-order chi connectivity index (χ0) is 74.0. The van der Waals surface area contributed by atoms with Crippen molar-refractivity contribution in [2.75, 3.05) is 22.6 Å². The van der Waals surface area contributed by atoms with Crippen LogP contribution in [0.15, 0.2) is 153 Å². The Morgan fingerprint density at radius 3 is 1.57 bits per heavy atom. The third-order valence-electron chi connectivity index (χ3n) is 18.4. The Balaban J connectivity index is 0.000000148. The second-order valence-corrected chi connectivity index (χ2v) is 29.8. The molecular weight excluding hydrogens is 1490 g/mol. The number of hydrogen-bond donors (Lipinski definition) is 7. The van der Waals surface area contributed by atoms with Crippen molar-refractivity contribution in [3.63, 3.8) is 0 Å². The number of benzene rings is 3. The van der Waals surface area contributed by atoms with Gasteiger partial charge in [-0.2, -0.15) is 23.7 Å². The van der Waals surface area contributed by atoms with Gasteiger partial charge in [-0.25, -0.2) is 25.1 Å². The zero-order valence-electron chi connectivity index (χ0n) is 57.7. The van der Waals surface area contributed by atoms with Gasteiger partial charge in [-0.15, -0.1) is 0 Å². The minimum Gasteiger partial charge on any atom is -0.390 e. The highest BCUT2D eigenvalue weighted by molar-refractivity contribution is 9.08. The van der Waals surface area contributed by atoms with Crippen LogP contribution >= 0.6 is 50.7 Å². The van der Waals surface area contributed by atoms with Gasteiger partial charge >= 0.3 is 10.3 Å². The summed E-state index contributed by atoms with van der Waals surface area (Å²) < 4.78 is 54.7. The molecule has 0 spiro atoms. The summed E-state index contributed by atoms with van der Waals surface area (Å²) in [6, 6.07) is 28.8. The number of carbonyl (C=O) groups excluding carboxylic acids is 3. The summed E-state index contributed by atoms with van der Waals surface area (Å²) in [5.41, 5.74) is 5.83. The minimum atomic E-state index is -4.19. The number of nitrogens with zero attached hydrogens (tertiary/aromatic N) is 10. The van der Waals surface area contributed by atoms with E-state index < -0.39 is 58.4 Å². The first kappa shape index (κ1) is 77.1. The highest BCUT2D eigenvalue weighted by Crippen LogP contribution is 2.46. The molecule has 27 nitrogen and oxygen atoms in total. The topological polar surface area (TPSA) is 363 Å². The molecule has 8 heterocycles. The number of ketones is 3. The fraction of sp³-hybridized carbons (Fsp3) is 0.403. The van der Waals surface area contributed by atoms with Crippen LogP contribution in [-0.2, 0) is 51.9 Å². The van der Waals surface area contributed by atoms with Crippen molar-refractivity contribution in [2.24, 2.45) is 22.9 Å². The van der Waals surface area contributed by atoms with E-state index >= 15 is 0 Å². The van der Waals surface area contributed by atoms with E-state index in [2.05, 4.69) is 95.2 Å². The first-order chi connectivity index (χ1) is 49.7. The second kappa shape index (κ2) is 34.0. The van der Waals surface area contributed by atoms with Crippen LogP contribution < -0.4 is 21.1 Å². The molecule has 3 saturated carbocycles. The van der Waals surface area contributed by atoms with Gasteiger partial charge in [0, 0.05) is 75.4 Å². The number of halogens is 4. The normalized spacial score (nSPS) is 24.0. The van der Waals surface area contributed by atoms with Crippen LogP contribution in [0.1, 0.15) is 138 Å². The summed E-state index contributed by atoms with van der Waals surface area (Å²) >= 11 is 21.1. The molecule has 2 aliphatic heterocycles. The van der Waals surface area contributed by atoms with Crippen LogP contribution in [-0.4, -0.2) is 164 Å². The molecular formula is C72H81BrCl3N15O12S. The smallest absolute Gasteiger partial charge is 0.333 e. The lowest BCUT2D eigenvalue weighted by Crippen LogP contribution is -2.36. The van der Waals surface area contributed by atoms with E-state index in [9.17, 15) is 33.0 Å². The Hall–Kier alpha value is -8.01. The van der Waals surface area contributed by atoms with Crippen molar-refractivity contribution < 1.29 is 56.1 Å². The van der Waals surface area contributed by atoms with E-state index in [-0.39, 0.29) is 71.6 Å². The molecule has 32 heteroatoms. The van der Waals surface area contributed by atoms with E-state index in [4.69, 9.17) is 58.9 Å². The van der Waals surface area contributed by atoms with E-state index in [1.165, 1.54) is 30.6 Å². The molecule has 0 radical (unpaired) electrons. The number of hydrogen-bond acceptors (Lipinski definition) is 23. The molecule has 5 aliphatic rings. The molecule has 0 bridgehead atoms. The van der Waals surface area contributed by atoms with E-state index in [1.807, 2.05) is 94.4 Å². The number of ether oxygens (including phenoxy) is 4. The SMILES string of the molecule is CC[C@H]1C[C@@H](Nc2ccncc2C(=O)c2ccn(Cc3cccc(Cl)c3)n2)[C@@H]2OC(C)(C)O[C@H]12.CC[C@H]1C[C@@H](Nc2ncncc2C(=O)c2ccn[nH]2)[C@@H]2OC(C)(C)O[C@H]12.Clc1cccc(CBr)c1.NS(=O)(=O)OC[C@H]1C[C@@H](Nc2ncncc2C(=O)c2ccn(Cc3cccc(Cl)c3)n2)[C@H](O)[C@@H]1O. The lowest BCUT2D eigenvalue weighted by Gasteiger charge is -2.24. The predicted molar refractivity (Wildman–Crippen MR) is 393 cm³/mol. The molecule has 8 N–H and O–H groups in total. The van der Waals surface area contributed by atoms with Gasteiger partial charge in [0.1, 0.15) is 59.7 Å². The molecule has 104 heavy (non-hydrogen) atoms. The van der Waals surface area contributed by atoms with Crippen LogP contribution in [0.2, 0.25) is 15.1 Å². The number of nitrogens with one attached hydrogen (secondary N) is 4. The maximum Gasteiger partial charge on any atom is 0.333 e. The third-order valence-corrected chi connectivity index (χ3v) is 20.2. The number of aliphatic hydroxyl groups is 2. The number of fused-ring (bicyclic) bond motifs is 2. The van der Waals surface area contributed by atoms with Crippen LogP contribution in [0.4, 0.5) is 17.3 Å². The van der Waals surface area contributed by atoms with E-state index in [1.54, 1.807) is 70.7 Å². The summed E-state index contributed by atoms with van der Waals surface area (Å²) in [6.07, 6.45) is 15.3. The number of nitrogens with two attached hydrogens (primary N) is 1. The lowest BCUT2D eigenvalue weighted by molar-refractivity contribution is -0.157. The van der Waals surface area contributed by atoms with Crippen molar-refractivity contribution in [3.8, 4) is 0 Å². The highest BCUT2D eigenvalue weighted by Gasteiger charge is 2.55. The number of rotatable bonds is 22. The lowest BCUT2D eigenvalue weighted by atomic mass is 10.0. The highest BCUT2D eigenvalue weighted by atomic mass is 79.9. The standard InChI is InChI=1S/C26H29ClN4O3.C21H23ClN6O6S.C18H23N5O3.C7H6BrCl/c1-4-17-13-22(25-24(17)33-26(2,3)34-25)29-20-8-10-28-14-19(20)23(32)21-9-11-31(30-21)15-16-6-5-7-18(27)12-16;22-14-3-1-2-12(6-14)9-28-5-4-16(27-28)19(30)15-8-24-11-25-21(15)26-17-7-13(18(29)20(17)31)10-34-35(23,32)33;1-4-10-7-13(16-15(10)25-18(2,3)26-16)22-17-11(8-19-9-20-17)14(24)12-5-6-21-23-12;8-5-6-2-1-3-7(9)4-6/h5-12,14,17,22,24-25H,4,13,15H2,1-3H3,(H,28,29);1-6,8,11,13,17-18,20,29,31H,7,9-10H2,(H2,23,32,33)(H,24,25,26);5-6,8-10,13,15-16H,4,7H2,1-3H3,(H,21,23)(H,19,20,22);1-4H,5H2/t17-,22+,24+,25-;13-,17-,18-,20+;10-,13+,15+,16-;/m010./s1. The van der Waals surface area contributed by atoms with Gasteiger partial charge in [-0.05, 0) is 136 Å². The van der Waals surface area contributed by atoms with Crippen molar-refractivity contribution in [1.29, 1.82) is 0 Å². The molecule has 5 fully saturated rings. The number of pyridine rings is 1. The van der Waals surface area contributed by atoms with Gasteiger partial charge in [0.05, 0.1) is 72.8 Å². The van der Waals surface area contributed by atoms with Crippen LogP contribution in [0.25, 0.3) is 0 Å². The molecule has 3 aromatic carbocycles. The average molecular weight is 1570 g/mol. The maximum absolute atomic E-state index is 13.4. The first-order valence-corrected chi connectivity index (χ1v) is 37.5. The Kier molecular flexibility index (Phi) is 25.2. The van der Waals surface area contributed by atoms with Gasteiger partial charge in [0.2, 0.25) is 17.3 Å². The van der Waals surface area contributed by atoms with Crippen LogP contribution in [0.5, 0.6) is 0 Å². The number of aromatic amines is 1. The van der Waals surface area contributed by atoms with E-state index in [0.717, 1.165) is 52.9 Å².